The van der Waals surface area contributed by atoms with Crippen molar-refractivity contribution >= 4 is 27.9 Å². The second-order valence-corrected chi connectivity index (χ2v) is 8.56. The van der Waals surface area contributed by atoms with E-state index in [4.69, 9.17) is 4.74 Å². The van der Waals surface area contributed by atoms with Gasteiger partial charge in [-0.05, 0) is 30.9 Å². The number of fused-ring (bicyclic) bond motifs is 3. The minimum atomic E-state index is 0.210. The van der Waals surface area contributed by atoms with E-state index in [9.17, 15) is 4.79 Å². The number of ether oxygens (including phenoxy) is 1. The lowest BCUT2D eigenvalue weighted by molar-refractivity contribution is -0.120. The highest BCUT2D eigenvalue weighted by Gasteiger charge is 2.39. The summed E-state index contributed by atoms with van der Waals surface area (Å²) in [4.78, 5) is 29.1. The summed E-state index contributed by atoms with van der Waals surface area (Å²) < 4.78 is 5.60. The zero-order valence-electron chi connectivity index (χ0n) is 15.1. The minimum absolute atomic E-state index is 0.210. The average molecular weight is 380 g/mol. The third-order valence-electron chi connectivity index (χ3n) is 5.31. The third kappa shape index (κ3) is 3.38. The molecule has 3 aromatic heterocycles. The number of hydrogen-bond donors (Lipinski definition) is 0. The molecule has 0 saturated carbocycles. The summed E-state index contributed by atoms with van der Waals surface area (Å²) in [5.74, 6) is 0.210. The van der Waals surface area contributed by atoms with Crippen molar-refractivity contribution in [2.75, 3.05) is 19.7 Å². The second-order valence-electron chi connectivity index (χ2n) is 7.33. The fourth-order valence-electron chi connectivity index (χ4n) is 3.95. The maximum atomic E-state index is 12.5. The molecule has 7 heteroatoms. The van der Waals surface area contributed by atoms with Gasteiger partial charge in [0.15, 0.2) is 5.78 Å². The van der Waals surface area contributed by atoms with Gasteiger partial charge in [-0.15, -0.1) is 11.3 Å². The number of nitrogens with zero attached hydrogens (tertiary/aromatic N) is 4. The van der Waals surface area contributed by atoms with Crippen LogP contribution in [0, 0.1) is 6.92 Å². The molecule has 5 heterocycles. The Kier molecular flexibility index (Phi) is 4.22. The van der Waals surface area contributed by atoms with Crippen LogP contribution in [0.2, 0.25) is 0 Å². The Labute approximate surface area is 161 Å². The van der Waals surface area contributed by atoms with E-state index in [1.54, 1.807) is 17.5 Å². The molecule has 2 fully saturated rings. The summed E-state index contributed by atoms with van der Waals surface area (Å²) >= 11 is 1.63. The van der Waals surface area contributed by atoms with Crippen LogP contribution in [0.3, 0.4) is 0 Å². The van der Waals surface area contributed by atoms with Gasteiger partial charge < -0.3 is 4.74 Å². The van der Waals surface area contributed by atoms with E-state index in [0.717, 1.165) is 51.6 Å². The van der Waals surface area contributed by atoms with Crippen LogP contribution >= 0.6 is 11.3 Å². The molecular formula is C20H20N4O2S. The maximum absolute atomic E-state index is 12.5. The molecule has 0 unspecified atom stereocenters. The largest absolute Gasteiger partial charge is 0.375 e. The van der Waals surface area contributed by atoms with Crippen molar-refractivity contribution in [3.63, 3.8) is 0 Å². The van der Waals surface area contributed by atoms with E-state index in [1.165, 1.54) is 0 Å². The number of aromatic nitrogens is 3. The topological polar surface area (TPSA) is 68.2 Å². The summed E-state index contributed by atoms with van der Waals surface area (Å²) in [6.07, 6.45) is 7.24. The average Bonchev–Trinajstić information content (AvgIpc) is 3.38. The number of thiazole rings is 1. The summed E-state index contributed by atoms with van der Waals surface area (Å²) in [5, 5.41) is 3.05. The molecule has 0 spiro atoms. The summed E-state index contributed by atoms with van der Waals surface area (Å²) in [5.41, 5.74) is 1.72. The maximum Gasteiger partial charge on any atom is 0.152 e. The van der Waals surface area contributed by atoms with Crippen molar-refractivity contribution < 1.29 is 9.53 Å². The summed E-state index contributed by atoms with van der Waals surface area (Å²) in [6.45, 7) is 4.12. The standard InChI is InChI=1S/C20H20N4O2S/c1-12-21-8-20(27-12)19-3-13-2-15(22-6-14(13)7-23-19)4-17(25)9-24-10-18-5-16(24)11-26-18/h2-3,6-8,16,18H,4-5,9-11H2,1H3/t16-,18-/m1/s1. The molecule has 5 rings (SSSR count). The van der Waals surface area contributed by atoms with Gasteiger partial charge in [-0.3, -0.25) is 19.7 Å². The van der Waals surface area contributed by atoms with Crippen LogP contribution in [0.1, 0.15) is 17.1 Å². The molecule has 3 aromatic rings. The molecule has 2 bridgehead atoms. The predicted molar refractivity (Wildman–Crippen MR) is 104 cm³/mol. The number of hydrogen-bond acceptors (Lipinski definition) is 7. The Morgan fingerprint density at radius 3 is 2.85 bits per heavy atom. The Hall–Kier alpha value is -2.22. The van der Waals surface area contributed by atoms with Crippen molar-refractivity contribution in [3.05, 3.63) is 41.4 Å². The normalized spacial score (nSPS) is 22.0. The Morgan fingerprint density at radius 2 is 2.11 bits per heavy atom. The van der Waals surface area contributed by atoms with Crippen molar-refractivity contribution in [1.29, 1.82) is 0 Å². The minimum Gasteiger partial charge on any atom is -0.375 e. The van der Waals surface area contributed by atoms with E-state index in [2.05, 4.69) is 25.9 Å². The van der Waals surface area contributed by atoms with Gasteiger partial charge in [-0.25, -0.2) is 4.98 Å². The van der Waals surface area contributed by atoms with Gasteiger partial charge in [0.25, 0.3) is 0 Å². The molecule has 2 aliphatic rings. The SMILES string of the molecule is Cc1ncc(-c2cc3cc(CC(=O)CN4C[C@H]5C[C@@H]4CO5)ncc3cn2)s1. The first-order valence-electron chi connectivity index (χ1n) is 9.19. The second kappa shape index (κ2) is 6.74. The molecule has 2 atom stereocenters. The van der Waals surface area contributed by atoms with Crippen LogP contribution in [0.5, 0.6) is 0 Å². The van der Waals surface area contributed by atoms with Gasteiger partial charge in [0.2, 0.25) is 0 Å². The van der Waals surface area contributed by atoms with E-state index >= 15 is 0 Å². The monoisotopic (exact) mass is 380 g/mol. The Bertz CT molecular complexity index is 1020. The molecule has 0 radical (unpaired) electrons. The molecule has 0 aromatic carbocycles. The lowest BCUT2D eigenvalue weighted by Gasteiger charge is -2.25. The number of aryl methyl sites for hydroxylation is 1. The first-order chi connectivity index (χ1) is 13.1. The molecule has 2 saturated heterocycles. The zero-order chi connectivity index (χ0) is 18.4. The lowest BCUT2D eigenvalue weighted by Crippen LogP contribution is -2.40. The molecule has 138 valence electrons. The number of carbonyl (C=O) groups is 1. The Balaban J connectivity index is 1.33. The zero-order valence-corrected chi connectivity index (χ0v) is 15.9. The molecule has 2 aliphatic heterocycles. The van der Waals surface area contributed by atoms with Crippen molar-refractivity contribution in [2.24, 2.45) is 0 Å². The van der Waals surface area contributed by atoms with E-state index < -0.39 is 0 Å². The number of ketones is 1. The van der Waals surface area contributed by atoms with Gasteiger partial charge in [0.05, 0.1) is 41.3 Å². The van der Waals surface area contributed by atoms with Crippen molar-refractivity contribution in [2.45, 2.75) is 31.9 Å². The molecule has 6 nitrogen and oxygen atoms in total. The molecule has 27 heavy (non-hydrogen) atoms. The first-order valence-corrected chi connectivity index (χ1v) is 10.0. The number of rotatable bonds is 5. The van der Waals surface area contributed by atoms with Crippen molar-refractivity contribution in [3.8, 4) is 10.6 Å². The molecule has 0 N–H and O–H groups in total. The predicted octanol–water partition coefficient (Wildman–Crippen LogP) is 2.65. The molecule has 0 aliphatic carbocycles. The smallest absolute Gasteiger partial charge is 0.152 e. The number of carbonyl (C=O) groups excluding carboxylic acids is 1. The number of morpholine rings is 1. The molecule has 0 amide bonds. The van der Waals surface area contributed by atoms with Crippen LogP contribution < -0.4 is 0 Å². The van der Waals surface area contributed by atoms with Gasteiger partial charge in [-0.1, -0.05) is 0 Å². The van der Waals surface area contributed by atoms with Crippen molar-refractivity contribution in [1.82, 2.24) is 19.9 Å². The van der Waals surface area contributed by atoms with E-state index in [-0.39, 0.29) is 5.78 Å². The quantitative estimate of drug-likeness (QED) is 0.678. The highest BCUT2D eigenvalue weighted by Crippen LogP contribution is 2.28. The van der Waals surface area contributed by atoms with Gasteiger partial charge in [0, 0.05) is 42.3 Å². The van der Waals surface area contributed by atoms with Gasteiger partial charge in [0.1, 0.15) is 0 Å². The highest BCUT2D eigenvalue weighted by molar-refractivity contribution is 7.15. The van der Waals surface area contributed by atoms with Gasteiger partial charge >= 0.3 is 0 Å². The van der Waals surface area contributed by atoms with Crippen LogP contribution in [0.15, 0.2) is 30.7 Å². The lowest BCUT2D eigenvalue weighted by atomic mass is 10.1. The fraction of sp³-hybridized carbons (Fsp3) is 0.400. The number of likely N-dealkylation sites (tertiary alicyclic amines) is 1. The summed E-state index contributed by atoms with van der Waals surface area (Å²) in [6, 6.07) is 4.47. The number of pyridine rings is 2. The van der Waals surface area contributed by atoms with Crippen LogP contribution in [-0.2, 0) is 16.0 Å². The third-order valence-corrected chi connectivity index (χ3v) is 6.24. The van der Waals surface area contributed by atoms with Gasteiger partial charge in [-0.2, -0.15) is 0 Å². The Morgan fingerprint density at radius 1 is 1.22 bits per heavy atom. The fourth-order valence-corrected chi connectivity index (χ4v) is 4.70. The number of Topliss-reactive ketones (excluding diaryl/α,β-unsaturated/α-hetero) is 1. The van der Waals surface area contributed by atoms with E-state index in [1.807, 2.05) is 25.4 Å². The van der Waals surface area contributed by atoms with Crippen LogP contribution in [0.25, 0.3) is 21.3 Å². The first kappa shape index (κ1) is 16.9. The van der Waals surface area contributed by atoms with Crippen LogP contribution in [-0.4, -0.2) is 57.5 Å². The highest BCUT2D eigenvalue weighted by atomic mass is 32.1. The molecular weight excluding hydrogens is 360 g/mol. The van der Waals surface area contributed by atoms with E-state index in [0.29, 0.717) is 25.1 Å². The van der Waals surface area contributed by atoms with Crippen LogP contribution in [0.4, 0.5) is 0 Å². The summed E-state index contributed by atoms with van der Waals surface area (Å²) in [7, 11) is 0.